The number of hydrogen-bond donors (Lipinski definition) is 3. The highest BCUT2D eigenvalue weighted by Crippen LogP contribution is 2.55. The molecule has 25 heavy (non-hydrogen) atoms. The van der Waals surface area contributed by atoms with Crippen LogP contribution in [0.3, 0.4) is 0 Å². The van der Waals surface area contributed by atoms with E-state index in [1.54, 1.807) is 18.2 Å². The van der Waals surface area contributed by atoms with Gasteiger partial charge in [0.05, 0.1) is 0 Å². The molecular weight excluding hydrogens is 314 g/mol. The molecule has 1 aromatic carbocycles. The molecule has 4 N–H and O–H groups in total. The van der Waals surface area contributed by atoms with E-state index in [9.17, 15) is 9.59 Å². The average molecular weight is 341 g/mol. The maximum Gasteiger partial charge on any atom is 0.248 e. The summed E-state index contributed by atoms with van der Waals surface area (Å²) in [7, 11) is 0. The first-order valence-corrected chi connectivity index (χ1v) is 9.41. The van der Waals surface area contributed by atoms with Crippen molar-refractivity contribution in [3.05, 3.63) is 29.8 Å². The van der Waals surface area contributed by atoms with E-state index in [1.165, 1.54) is 19.3 Å². The second-order valence-electron chi connectivity index (χ2n) is 8.50. The molecular formula is C20H27N3O2. The highest BCUT2D eigenvalue weighted by molar-refractivity contribution is 5.94. The van der Waals surface area contributed by atoms with Crippen LogP contribution in [0.1, 0.15) is 55.8 Å². The minimum atomic E-state index is -0.464. The molecule has 5 heteroatoms. The number of primary amides is 1. The predicted molar refractivity (Wildman–Crippen MR) is 97.1 cm³/mol. The molecule has 0 saturated heterocycles. The minimum Gasteiger partial charge on any atom is -0.374 e. The van der Waals surface area contributed by atoms with Crippen LogP contribution in [0, 0.1) is 17.8 Å². The zero-order valence-electron chi connectivity index (χ0n) is 14.8. The Bertz CT molecular complexity index is 665. The molecule has 1 aromatic rings. The SMILES string of the molecule is CC(Nc1cccc(C(N)=O)c1)C(=O)NC12CC3CC(CC(C3)C1)C2. The molecule has 2 amide bonds. The molecule has 4 aliphatic rings. The van der Waals surface area contributed by atoms with E-state index >= 15 is 0 Å². The van der Waals surface area contributed by atoms with Gasteiger partial charge in [0.25, 0.3) is 0 Å². The van der Waals surface area contributed by atoms with Gasteiger partial charge in [-0.2, -0.15) is 0 Å². The average Bonchev–Trinajstić information content (AvgIpc) is 2.53. The number of benzene rings is 1. The van der Waals surface area contributed by atoms with Crippen molar-refractivity contribution in [2.75, 3.05) is 5.32 Å². The second-order valence-corrected chi connectivity index (χ2v) is 8.50. The van der Waals surface area contributed by atoms with Gasteiger partial charge in [0.15, 0.2) is 0 Å². The summed E-state index contributed by atoms with van der Waals surface area (Å²) in [5.74, 6) is 2.01. The standard InChI is InChI=1S/C20H27N3O2/c1-12(22-17-4-2-3-16(8-17)18(21)24)19(25)23-20-9-13-5-14(10-20)7-15(6-13)11-20/h2-4,8,12-15,22H,5-7,9-11H2,1H3,(H2,21,24)(H,23,25). The highest BCUT2D eigenvalue weighted by atomic mass is 16.2. The lowest BCUT2D eigenvalue weighted by atomic mass is 9.53. The van der Waals surface area contributed by atoms with Crippen LogP contribution in [0.4, 0.5) is 5.69 Å². The molecule has 4 fully saturated rings. The topological polar surface area (TPSA) is 84.2 Å². The number of rotatable bonds is 5. The molecule has 0 radical (unpaired) electrons. The molecule has 1 unspecified atom stereocenters. The van der Waals surface area contributed by atoms with E-state index in [4.69, 9.17) is 5.73 Å². The number of nitrogens with one attached hydrogen (secondary N) is 2. The van der Waals surface area contributed by atoms with Gasteiger partial charge >= 0.3 is 0 Å². The van der Waals surface area contributed by atoms with E-state index in [-0.39, 0.29) is 17.5 Å². The van der Waals surface area contributed by atoms with Crippen molar-refractivity contribution in [1.82, 2.24) is 5.32 Å². The van der Waals surface area contributed by atoms with Crippen LogP contribution in [0.25, 0.3) is 0 Å². The Balaban J connectivity index is 1.41. The number of nitrogens with two attached hydrogens (primary N) is 1. The number of carbonyl (C=O) groups is 2. The van der Waals surface area contributed by atoms with Gasteiger partial charge in [-0.15, -0.1) is 0 Å². The van der Waals surface area contributed by atoms with Gasteiger partial charge in [-0.05, 0) is 81.4 Å². The summed E-state index contributed by atoms with van der Waals surface area (Å²) in [5.41, 5.74) is 6.53. The van der Waals surface area contributed by atoms with E-state index < -0.39 is 5.91 Å². The molecule has 5 nitrogen and oxygen atoms in total. The minimum absolute atomic E-state index is 0.0246. The zero-order valence-corrected chi connectivity index (χ0v) is 14.8. The normalized spacial score (nSPS) is 33.7. The third kappa shape index (κ3) is 3.24. The van der Waals surface area contributed by atoms with Crippen LogP contribution in [0.5, 0.6) is 0 Å². The van der Waals surface area contributed by atoms with E-state index in [1.807, 2.05) is 13.0 Å². The molecule has 134 valence electrons. The molecule has 1 atom stereocenters. The Morgan fingerprint density at radius 1 is 1.12 bits per heavy atom. The predicted octanol–water partition coefficient (Wildman–Crippen LogP) is 2.67. The molecule has 0 spiro atoms. The van der Waals surface area contributed by atoms with Crippen LogP contribution in [-0.2, 0) is 4.79 Å². The summed E-state index contributed by atoms with van der Waals surface area (Å²) in [4.78, 5) is 24.1. The van der Waals surface area contributed by atoms with Crippen molar-refractivity contribution in [2.45, 2.75) is 57.0 Å². The Morgan fingerprint density at radius 2 is 1.72 bits per heavy atom. The summed E-state index contributed by atoms with van der Waals surface area (Å²) in [5, 5.41) is 6.59. The summed E-state index contributed by atoms with van der Waals surface area (Å²) < 4.78 is 0. The molecule has 5 rings (SSSR count). The largest absolute Gasteiger partial charge is 0.374 e. The van der Waals surface area contributed by atoms with Crippen LogP contribution >= 0.6 is 0 Å². The quantitative estimate of drug-likeness (QED) is 0.770. The number of amides is 2. The van der Waals surface area contributed by atoms with Gasteiger partial charge in [-0.3, -0.25) is 9.59 Å². The zero-order chi connectivity index (χ0) is 17.6. The van der Waals surface area contributed by atoms with Gasteiger partial charge in [-0.1, -0.05) is 6.07 Å². The maximum absolute atomic E-state index is 12.8. The molecule has 0 heterocycles. The maximum atomic E-state index is 12.8. The lowest BCUT2D eigenvalue weighted by Gasteiger charge is -2.57. The monoisotopic (exact) mass is 341 g/mol. The van der Waals surface area contributed by atoms with E-state index in [2.05, 4.69) is 10.6 Å². The summed E-state index contributed by atoms with van der Waals surface area (Å²) in [6, 6.07) is 6.63. The van der Waals surface area contributed by atoms with E-state index in [0.29, 0.717) is 5.56 Å². The lowest BCUT2D eigenvalue weighted by Crippen LogP contribution is -2.61. The molecule has 4 saturated carbocycles. The Hall–Kier alpha value is -2.04. The van der Waals surface area contributed by atoms with Gasteiger partial charge in [0.2, 0.25) is 11.8 Å². The third-order valence-electron chi connectivity index (χ3n) is 6.35. The summed E-state index contributed by atoms with van der Waals surface area (Å²) in [6.45, 7) is 1.87. The first kappa shape index (κ1) is 16.4. The van der Waals surface area contributed by atoms with Gasteiger partial charge in [0.1, 0.15) is 6.04 Å². The van der Waals surface area contributed by atoms with Crippen LogP contribution in [-0.4, -0.2) is 23.4 Å². The first-order chi connectivity index (χ1) is 11.9. The fraction of sp³-hybridized carbons (Fsp3) is 0.600. The smallest absolute Gasteiger partial charge is 0.248 e. The van der Waals surface area contributed by atoms with E-state index in [0.717, 1.165) is 42.7 Å². The second kappa shape index (κ2) is 6.04. The fourth-order valence-corrected chi connectivity index (χ4v) is 5.71. The van der Waals surface area contributed by atoms with Crippen molar-refractivity contribution < 1.29 is 9.59 Å². The molecule has 0 aliphatic heterocycles. The molecule has 4 aliphatic carbocycles. The number of carbonyl (C=O) groups excluding carboxylic acids is 2. The van der Waals surface area contributed by atoms with Gasteiger partial charge in [-0.25, -0.2) is 0 Å². The number of hydrogen-bond acceptors (Lipinski definition) is 3. The fourth-order valence-electron chi connectivity index (χ4n) is 5.71. The Labute approximate surface area is 148 Å². The molecule has 4 bridgehead atoms. The van der Waals surface area contributed by atoms with Gasteiger partial charge < -0.3 is 16.4 Å². The van der Waals surface area contributed by atoms with Crippen LogP contribution in [0.2, 0.25) is 0 Å². The van der Waals surface area contributed by atoms with Crippen LogP contribution in [0.15, 0.2) is 24.3 Å². The van der Waals surface area contributed by atoms with Crippen molar-refractivity contribution >= 4 is 17.5 Å². The Morgan fingerprint density at radius 3 is 2.28 bits per heavy atom. The van der Waals surface area contributed by atoms with Crippen molar-refractivity contribution in [3.8, 4) is 0 Å². The third-order valence-corrected chi connectivity index (χ3v) is 6.35. The van der Waals surface area contributed by atoms with Gasteiger partial charge in [0, 0.05) is 16.8 Å². The highest BCUT2D eigenvalue weighted by Gasteiger charge is 2.51. The number of anilines is 1. The van der Waals surface area contributed by atoms with Crippen molar-refractivity contribution in [2.24, 2.45) is 23.5 Å². The summed E-state index contributed by atoms with van der Waals surface area (Å²) in [6.07, 6.45) is 7.53. The molecule has 0 aromatic heterocycles. The van der Waals surface area contributed by atoms with Crippen LogP contribution < -0.4 is 16.4 Å². The first-order valence-electron chi connectivity index (χ1n) is 9.41. The van der Waals surface area contributed by atoms with Crippen molar-refractivity contribution in [3.63, 3.8) is 0 Å². The lowest BCUT2D eigenvalue weighted by molar-refractivity contribution is -0.127. The Kier molecular flexibility index (Phi) is 3.97. The summed E-state index contributed by atoms with van der Waals surface area (Å²) >= 11 is 0. The van der Waals surface area contributed by atoms with Crippen molar-refractivity contribution in [1.29, 1.82) is 0 Å².